The van der Waals surface area contributed by atoms with Crippen molar-refractivity contribution in [3.05, 3.63) is 24.3 Å². The first-order chi connectivity index (χ1) is 13.9. The third kappa shape index (κ3) is 7.53. The van der Waals surface area contributed by atoms with Crippen molar-refractivity contribution in [3.8, 4) is 0 Å². The Bertz CT molecular complexity index is 736. The minimum absolute atomic E-state index is 0. The van der Waals surface area contributed by atoms with Gasteiger partial charge in [0.05, 0.1) is 0 Å². The average Bonchev–Trinajstić information content (AvgIpc) is 2.73. The van der Waals surface area contributed by atoms with Crippen LogP contribution in [0.25, 0.3) is 0 Å². The van der Waals surface area contributed by atoms with Crippen LogP contribution in [0.1, 0.15) is 19.8 Å². The lowest BCUT2D eigenvalue weighted by molar-refractivity contribution is -0.136. The number of rotatable bonds is 5. The molecule has 0 radical (unpaired) electrons. The zero-order valence-electron chi connectivity index (χ0n) is 17.6. The molecule has 2 saturated heterocycles. The monoisotopic (exact) mass is 475 g/mol. The molecular weight excluding hydrogens is 445 g/mol. The summed E-state index contributed by atoms with van der Waals surface area (Å²) in [4.78, 5) is 40.6. The van der Waals surface area contributed by atoms with E-state index in [0.717, 1.165) is 39.0 Å². The van der Waals surface area contributed by atoms with Crippen LogP contribution in [-0.4, -0.2) is 84.7 Å². The molecule has 0 bridgehead atoms. The molecule has 9 nitrogen and oxygen atoms in total. The molecule has 174 valence electrons. The molecule has 2 aliphatic rings. The van der Waals surface area contributed by atoms with Crippen molar-refractivity contribution in [2.24, 2.45) is 0 Å². The first-order valence-electron chi connectivity index (χ1n) is 10.0. The van der Waals surface area contributed by atoms with Gasteiger partial charge in [-0.25, -0.2) is 4.79 Å². The fourth-order valence-corrected chi connectivity index (χ4v) is 3.91. The number of carboxylic acid groups (broad SMARTS) is 1. The SMILES string of the molecule is CC(=O)N(CC(=O)O)c1ccc(NC(=O)N2CCN(C3CCNCC3)CC2)cc1.Cl.Cl. The van der Waals surface area contributed by atoms with Crippen LogP contribution in [0, 0.1) is 0 Å². The zero-order chi connectivity index (χ0) is 20.8. The zero-order valence-corrected chi connectivity index (χ0v) is 19.2. The van der Waals surface area contributed by atoms with Crippen LogP contribution in [-0.2, 0) is 9.59 Å². The van der Waals surface area contributed by atoms with E-state index in [1.165, 1.54) is 11.8 Å². The lowest BCUT2D eigenvalue weighted by atomic mass is 10.0. The largest absolute Gasteiger partial charge is 0.480 e. The van der Waals surface area contributed by atoms with Crippen LogP contribution in [0.2, 0.25) is 0 Å². The number of halogens is 2. The van der Waals surface area contributed by atoms with Crippen LogP contribution in [0.3, 0.4) is 0 Å². The normalized spacial score (nSPS) is 17.1. The summed E-state index contributed by atoms with van der Waals surface area (Å²) < 4.78 is 0. The summed E-state index contributed by atoms with van der Waals surface area (Å²) in [5.74, 6) is -1.43. The minimum Gasteiger partial charge on any atom is -0.480 e. The Morgan fingerprint density at radius 3 is 2.16 bits per heavy atom. The second-order valence-corrected chi connectivity index (χ2v) is 7.48. The third-order valence-electron chi connectivity index (χ3n) is 5.53. The second-order valence-electron chi connectivity index (χ2n) is 7.48. The highest BCUT2D eigenvalue weighted by Gasteiger charge is 2.27. The molecule has 31 heavy (non-hydrogen) atoms. The minimum atomic E-state index is -1.08. The van der Waals surface area contributed by atoms with Gasteiger partial charge in [-0.05, 0) is 50.2 Å². The number of benzene rings is 1. The number of aliphatic carboxylic acids is 1. The van der Waals surface area contributed by atoms with E-state index in [4.69, 9.17) is 5.11 Å². The molecule has 2 heterocycles. The van der Waals surface area contributed by atoms with E-state index in [1.807, 2.05) is 4.90 Å². The van der Waals surface area contributed by atoms with Crippen LogP contribution in [0.4, 0.5) is 16.2 Å². The number of amides is 3. The second kappa shape index (κ2) is 12.7. The van der Waals surface area contributed by atoms with Gasteiger partial charge in [0.1, 0.15) is 6.54 Å². The molecule has 1 aromatic carbocycles. The molecular formula is C20H31Cl2N5O4. The summed E-state index contributed by atoms with van der Waals surface area (Å²) in [6, 6.07) is 7.09. The summed E-state index contributed by atoms with van der Waals surface area (Å²) in [7, 11) is 0. The molecule has 2 fully saturated rings. The summed E-state index contributed by atoms with van der Waals surface area (Å²) in [5, 5.41) is 15.2. The number of carboxylic acids is 1. The smallest absolute Gasteiger partial charge is 0.323 e. The molecule has 0 atom stereocenters. The predicted molar refractivity (Wildman–Crippen MR) is 125 cm³/mol. The Balaban J connectivity index is 0.00000240. The van der Waals surface area contributed by atoms with Gasteiger partial charge in [0.25, 0.3) is 0 Å². The molecule has 0 unspecified atom stereocenters. The topological polar surface area (TPSA) is 105 Å². The van der Waals surface area contributed by atoms with Crippen molar-refractivity contribution in [3.63, 3.8) is 0 Å². The molecule has 3 amide bonds. The van der Waals surface area contributed by atoms with Crippen molar-refractivity contribution < 1.29 is 19.5 Å². The highest BCUT2D eigenvalue weighted by Crippen LogP contribution is 2.19. The number of urea groups is 1. The van der Waals surface area contributed by atoms with Crippen molar-refractivity contribution >= 4 is 54.1 Å². The van der Waals surface area contributed by atoms with Gasteiger partial charge in [-0.2, -0.15) is 0 Å². The number of piperazine rings is 1. The van der Waals surface area contributed by atoms with E-state index in [-0.39, 0.29) is 36.8 Å². The first-order valence-corrected chi connectivity index (χ1v) is 10.0. The van der Waals surface area contributed by atoms with Crippen molar-refractivity contribution in [2.45, 2.75) is 25.8 Å². The van der Waals surface area contributed by atoms with E-state index in [2.05, 4.69) is 15.5 Å². The van der Waals surface area contributed by atoms with Crippen LogP contribution in [0.15, 0.2) is 24.3 Å². The van der Waals surface area contributed by atoms with Crippen molar-refractivity contribution in [1.29, 1.82) is 0 Å². The van der Waals surface area contributed by atoms with Gasteiger partial charge in [-0.3, -0.25) is 14.5 Å². The maximum atomic E-state index is 12.6. The molecule has 2 aliphatic heterocycles. The van der Waals surface area contributed by atoms with Crippen LogP contribution >= 0.6 is 24.8 Å². The number of hydrogen-bond donors (Lipinski definition) is 3. The molecule has 3 N–H and O–H groups in total. The number of hydrogen-bond acceptors (Lipinski definition) is 5. The van der Waals surface area contributed by atoms with E-state index in [1.54, 1.807) is 24.3 Å². The number of nitrogens with one attached hydrogen (secondary N) is 2. The van der Waals surface area contributed by atoms with Gasteiger partial charge in [0.15, 0.2) is 0 Å². The number of carbonyl (C=O) groups is 3. The Hall–Kier alpha value is -2.07. The van der Waals surface area contributed by atoms with Gasteiger partial charge in [0, 0.05) is 50.5 Å². The van der Waals surface area contributed by atoms with Gasteiger partial charge < -0.3 is 25.5 Å². The Labute approximate surface area is 194 Å². The van der Waals surface area contributed by atoms with Gasteiger partial charge in [-0.1, -0.05) is 0 Å². The molecule has 0 aliphatic carbocycles. The maximum absolute atomic E-state index is 12.6. The molecule has 0 spiro atoms. The third-order valence-corrected chi connectivity index (χ3v) is 5.53. The highest BCUT2D eigenvalue weighted by atomic mass is 35.5. The number of anilines is 2. The quantitative estimate of drug-likeness (QED) is 0.600. The van der Waals surface area contributed by atoms with Crippen LogP contribution in [0.5, 0.6) is 0 Å². The Morgan fingerprint density at radius 2 is 1.65 bits per heavy atom. The molecule has 1 aromatic rings. The van der Waals surface area contributed by atoms with Crippen LogP contribution < -0.4 is 15.5 Å². The molecule has 0 aromatic heterocycles. The predicted octanol–water partition coefficient (Wildman–Crippen LogP) is 1.87. The van der Waals surface area contributed by atoms with E-state index in [0.29, 0.717) is 30.5 Å². The van der Waals surface area contributed by atoms with Crippen molar-refractivity contribution in [1.82, 2.24) is 15.1 Å². The lowest BCUT2D eigenvalue weighted by Gasteiger charge is -2.40. The summed E-state index contributed by atoms with van der Waals surface area (Å²) >= 11 is 0. The fourth-order valence-electron chi connectivity index (χ4n) is 3.91. The maximum Gasteiger partial charge on any atom is 0.323 e. The number of nitrogens with zero attached hydrogens (tertiary/aromatic N) is 3. The van der Waals surface area contributed by atoms with Gasteiger partial charge >= 0.3 is 12.0 Å². The molecule has 3 rings (SSSR count). The Morgan fingerprint density at radius 1 is 1.06 bits per heavy atom. The lowest BCUT2D eigenvalue weighted by Crippen LogP contribution is -2.54. The average molecular weight is 476 g/mol. The molecule has 11 heteroatoms. The fraction of sp³-hybridized carbons (Fsp3) is 0.550. The number of piperidine rings is 1. The summed E-state index contributed by atoms with van der Waals surface area (Å²) in [5.41, 5.74) is 1.09. The van der Waals surface area contributed by atoms with Crippen molar-refractivity contribution in [2.75, 3.05) is 56.0 Å². The summed E-state index contributed by atoms with van der Waals surface area (Å²) in [6.07, 6.45) is 2.33. The van der Waals surface area contributed by atoms with E-state index < -0.39 is 12.5 Å². The summed E-state index contributed by atoms with van der Waals surface area (Å²) in [6.45, 7) is 6.23. The first kappa shape index (κ1) is 27.0. The standard InChI is InChI=1S/C20H29N5O4.2ClH/c1-15(26)25(14-19(27)28)18-4-2-16(3-5-18)22-20(29)24-12-10-23(11-13-24)17-6-8-21-9-7-17;;/h2-5,17,21H,6-14H2,1H3,(H,22,29)(H,27,28);2*1H. The van der Waals surface area contributed by atoms with Gasteiger partial charge in [-0.15, -0.1) is 24.8 Å². The highest BCUT2D eigenvalue weighted by molar-refractivity contribution is 5.96. The van der Waals surface area contributed by atoms with Gasteiger partial charge in [0.2, 0.25) is 5.91 Å². The molecule has 0 saturated carbocycles. The number of carbonyl (C=O) groups excluding carboxylic acids is 2. The Kier molecular flexibility index (Phi) is 11.1. The van der Waals surface area contributed by atoms with E-state index in [9.17, 15) is 14.4 Å². The van der Waals surface area contributed by atoms with E-state index >= 15 is 0 Å².